The monoisotopic (exact) mass is 626 g/mol. The molecule has 1 aliphatic carbocycles. The van der Waals surface area contributed by atoms with Gasteiger partial charge in [0.2, 0.25) is 0 Å². The molecule has 0 saturated heterocycles. The van der Waals surface area contributed by atoms with E-state index in [1.807, 2.05) is 0 Å². The lowest BCUT2D eigenvalue weighted by atomic mass is 9.82. The lowest BCUT2D eigenvalue weighted by Crippen LogP contribution is -2.15. The van der Waals surface area contributed by atoms with Gasteiger partial charge in [-0.25, -0.2) is 0 Å². The minimum absolute atomic E-state index is 0.0399. The number of anilines is 3. The second-order valence-electron chi connectivity index (χ2n) is 13.9. The van der Waals surface area contributed by atoms with Crippen LogP contribution in [0.15, 0.2) is 170 Å². The van der Waals surface area contributed by atoms with Crippen molar-refractivity contribution in [3.8, 4) is 16.8 Å². The van der Waals surface area contributed by atoms with Crippen LogP contribution in [0.2, 0.25) is 0 Å². The highest BCUT2D eigenvalue weighted by Gasteiger charge is 2.35. The van der Waals surface area contributed by atoms with Crippen LogP contribution in [-0.2, 0) is 5.41 Å². The number of fused-ring (bicyclic) bond motifs is 8. The van der Waals surface area contributed by atoms with Crippen LogP contribution in [0.1, 0.15) is 25.0 Å². The Balaban J connectivity index is 1.21. The molecule has 2 nitrogen and oxygen atoms in total. The molecular weight excluding hydrogens is 593 g/mol. The molecule has 1 heterocycles. The maximum Gasteiger partial charge on any atom is 0.0542 e. The quantitative estimate of drug-likeness (QED) is 0.189. The minimum Gasteiger partial charge on any atom is -0.310 e. The van der Waals surface area contributed by atoms with Crippen LogP contribution in [0.4, 0.5) is 17.1 Å². The molecular formula is C47H34N2. The Hall–Kier alpha value is -6.12. The van der Waals surface area contributed by atoms with E-state index in [-0.39, 0.29) is 5.41 Å². The summed E-state index contributed by atoms with van der Waals surface area (Å²) in [6.07, 6.45) is 0. The molecule has 0 amide bonds. The average molecular weight is 627 g/mol. The summed E-state index contributed by atoms with van der Waals surface area (Å²) >= 11 is 0. The van der Waals surface area contributed by atoms with E-state index < -0.39 is 0 Å². The fourth-order valence-corrected chi connectivity index (χ4v) is 8.30. The van der Waals surface area contributed by atoms with Crippen molar-refractivity contribution < 1.29 is 0 Å². The molecule has 10 rings (SSSR count). The van der Waals surface area contributed by atoms with E-state index in [1.165, 1.54) is 71.3 Å². The summed E-state index contributed by atoms with van der Waals surface area (Å²) in [6, 6.07) is 62.6. The third-order valence-corrected chi connectivity index (χ3v) is 10.7. The summed E-state index contributed by atoms with van der Waals surface area (Å²) in [5.41, 5.74) is 12.4. The van der Waals surface area contributed by atoms with Crippen molar-refractivity contribution >= 4 is 60.4 Å². The Morgan fingerprint density at radius 1 is 0.408 bits per heavy atom. The first-order valence-corrected chi connectivity index (χ1v) is 17.1. The van der Waals surface area contributed by atoms with Gasteiger partial charge >= 0.3 is 0 Å². The molecule has 0 saturated carbocycles. The summed E-state index contributed by atoms with van der Waals surface area (Å²) in [6.45, 7) is 4.69. The van der Waals surface area contributed by atoms with Crippen molar-refractivity contribution in [2.45, 2.75) is 19.3 Å². The fraction of sp³-hybridized carbons (Fsp3) is 0.0638. The Morgan fingerprint density at radius 3 is 1.82 bits per heavy atom. The number of rotatable bonds is 4. The summed E-state index contributed by atoms with van der Waals surface area (Å²) in [7, 11) is 0. The van der Waals surface area contributed by atoms with Gasteiger partial charge in [-0.15, -0.1) is 0 Å². The normalized spacial score (nSPS) is 13.3. The summed E-state index contributed by atoms with van der Waals surface area (Å²) < 4.78 is 2.41. The molecule has 0 atom stereocenters. The third-order valence-electron chi connectivity index (χ3n) is 10.7. The molecule has 1 aromatic heterocycles. The molecule has 0 radical (unpaired) electrons. The van der Waals surface area contributed by atoms with Gasteiger partial charge in [0.15, 0.2) is 0 Å². The van der Waals surface area contributed by atoms with Crippen LogP contribution in [0.25, 0.3) is 60.2 Å². The molecule has 0 aliphatic heterocycles. The maximum atomic E-state index is 2.43. The van der Waals surface area contributed by atoms with Gasteiger partial charge in [0.1, 0.15) is 0 Å². The lowest BCUT2D eigenvalue weighted by Gasteiger charge is -2.27. The maximum absolute atomic E-state index is 2.43. The molecule has 232 valence electrons. The topological polar surface area (TPSA) is 8.17 Å². The van der Waals surface area contributed by atoms with Gasteiger partial charge < -0.3 is 9.47 Å². The highest BCUT2D eigenvalue weighted by Crippen LogP contribution is 2.51. The molecule has 0 bridgehead atoms. The van der Waals surface area contributed by atoms with Gasteiger partial charge in [0, 0.05) is 38.9 Å². The van der Waals surface area contributed by atoms with E-state index in [4.69, 9.17) is 0 Å². The molecule has 8 aromatic carbocycles. The first-order valence-electron chi connectivity index (χ1n) is 17.1. The van der Waals surface area contributed by atoms with E-state index in [0.29, 0.717) is 0 Å². The predicted molar refractivity (Wildman–Crippen MR) is 208 cm³/mol. The Morgan fingerprint density at radius 2 is 0.980 bits per heavy atom. The SMILES string of the molecule is CC1(C)c2ccccc2-c2cc(N(c3ccc4ccccc4c3)c3ccc4c(c3)c3ccccc3n4-c3ccc4ccccc4c3)ccc21. The van der Waals surface area contributed by atoms with Crippen molar-refractivity contribution in [2.75, 3.05) is 4.90 Å². The first-order chi connectivity index (χ1) is 24.0. The zero-order valence-electron chi connectivity index (χ0n) is 27.6. The fourth-order valence-electron chi connectivity index (χ4n) is 8.30. The van der Waals surface area contributed by atoms with E-state index in [1.54, 1.807) is 0 Å². The molecule has 0 N–H and O–H groups in total. The summed E-state index contributed by atoms with van der Waals surface area (Å²) in [5.74, 6) is 0. The number of aromatic nitrogens is 1. The van der Waals surface area contributed by atoms with Crippen LogP contribution in [-0.4, -0.2) is 4.57 Å². The van der Waals surface area contributed by atoms with Crippen molar-refractivity contribution in [2.24, 2.45) is 0 Å². The zero-order chi connectivity index (χ0) is 32.7. The van der Waals surface area contributed by atoms with Gasteiger partial charge in [-0.1, -0.05) is 123 Å². The Labute approximate surface area is 286 Å². The second-order valence-corrected chi connectivity index (χ2v) is 13.9. The van der Waals surface area contributed by atoms with E-state index in [9.17, 15) is 0 Å². The molecule has 2 heteroatoms. The lowest BCUT2D eigenvalue weighted by molar-refractivity contribution is 0.660. The smallest absolute Gasteiger partial charge is 0.0542 e. The Kier molecular flexibility index (Phi) is 5.95. The van der Waals surface area contributed by atoms with Crippen molar-refractivity contribution in [1.82, 2.24) is 4.57 Å². The Bertz CT molecular complexity index is 2760. The molecule has 49 heavy (non-hydrogen) atoms. The molecule has 0 fully saturated rings. The highest BCUT2D eigenvalue weighted by atomic mass is 15.1. The van der Waals surface area contributed by atoms with Crippen LogP contribution in [0, 0.1) is 0 Å². The number of benzene rings is 8. The number of nitrogens with zero attached hydrogens (tertiary/aromatic N) is 2. The van der Waals surface area contributed by atoms with Crippen LogP contribution in [0.3, 0.4) is 0 Å². The number of hydrogen-bond donors (Lipinski definition) is 0. The van der Waals surface area contributed by atoms with Gasteiger partial charge in [0.25, 0.3) is 0 Å². The van der Waals surface area contributed by atoms with E-state index in [2.05, 4.69) is 193 Å². The predicted octanol–water partition coefficient (Wildman–Crippen LogP) is 12.9. The third kappa shape index (κ3) is 4.20. The molecule has 0 unspecified atom stereocenters. The van der Waals surface area contributed by atoms with E-state index in [0.717, 1.165) is 17.1 Å². The summed E-state index contributed by atoms with van der Waals surface area (Å²) in [5, 5.41) is 7.44. The van der Waals surface area contributed by atoms with Gasteiger partial charge in [0.05, 0.1) is 11.0 Å². The van der Waals surface area contributed by atoms with Crippen LogP contribution >= 0.6 is 0 Å². The standard InChI is InChI=1S/C47H34N2/c1-47(2)43-17-9-7-15-39(43)41-29-37(23-25-44(41)47)48(35-21-19-31-11-3-5-13-33(31)27-35)38-24-26-46-42(30-38)40-16-8-10-18-45(40)49(46)36-22-20-32-12-4-6-14-34(32)28-36/h3-30H,1-2H3. The van der Waals surface area contributed by atoms with Crippen LogP contribution in [0.5, 0.6) is 0 Å². The van der Waals surface area contributed by atoms with Gasteiger partial charge in [-0.3, -0.25) is 0 Å². The largest absolute Gasteiger partial charge is 0.310 e. The number of hydrogen-bond acceptors (Lipinski definition) is 1. The highest BCUT2D eigenvalue weighted by molar-refractivity contribution is 6.11. The first kappa shape index (κ1) is 27.9. The van der Waals surface area contributed by atoms with Gasteiger partial charge in [-0.2, -0.15) is 0 Å². The van der Waals surface area contributed by atoms with Crippen molar-refractivity contribution in [3.63, 3.8) is 0 Å². The molecule has 1 aliphatic rings. The van der Waals surface area contributed by atoms with Crippen LogP contribution < -0.4 is 4.90 Å². The van der Waals surface area contributed by atoms with E-state index >= 15 is 0 Å². The second kappa shape index (κ2) is 10.4. The average Bonchev–Trinajstić information content (AvgIpc) is 3.59. The van der Waals surface area contributed by atoms with Crippen molar-refractivity contribution in [3.05, 3.63) is 181 Å². The minimum atomic E-state index is -0.0399. The molecule has 9 aromatic rings. The molecule has 0 spiro atoms. The van der Waals surface area contributed by atoms with Gasteiger partial charge in [-0.05, 0) is 104 Å². The zero-order valence-corrected chi connectivity index (χ0v) is 27.6. The summed E-state index contributed by atoms with van der Waals surface area (Å²) in [4.78, 5) is 2.43. The number of para-hydroxylation sites is 1. The van der Waals surface area contributed by atoms with Crippen molar-refractivity contribution in [1.29, 1.82) is 0 Å².